The van der Waals surface area contributed by atoms with Gasteiger partial charge in [-0.1, -0.05) is 5.16 Å². The number of nitrogens with one attached hydrogen (secondary N) is 1. The number of benzene rings is 2. The van der Waals surface area contributed by atoms with E-state index in [9.17, 15) is 9.59 Å². The molecule has 0 bridgehead atoms. The van der Waals surface area contributed by atoms with Crippen molar-refractivity contribution in [1.29, 1.82) is 0 Å². The lowest BCUT2D eigenvalue weighted by molar-refractivity contribution is -0.126. The van der Waals surface area contributed by atoms with E-state index in [0.29, 0.717) is 23.7 Å². The second kappa shape index (κ2) is 8.91. The Morgan fingerprint density at radius 2 is 1.74 bits per heavy atom. The van der Waals surface area contributed by atoms with Crippen LogP contribution in [0.4, 0.5) is 5.69 Å². The van der Waals surface area contributed by atoms with Crippen molar-refractivity contribution in [2.24, 2.45) is 5.92 Å². The maximum Gasteiger partial charge on any atom is 0.227 e. The predicted molar refractivity (Wildman–Crippen MR) is 114 cm³/mol. The van der Waals surface area contributed by atoms with Gasteiger partial charge in [0.2, 0.25) is 11.8 Å². The molecular weight excluding hydrogens is 398 g/mol. The molecule has 0 spiro atoms. The van der Waals surface area contributed by atoms with Crippen LogP contribution in [0.25, 0.3) is 11.3 Å². The van der Waals surface area contributed by atoms with E-state index in [2.05, 4.69) is 10.5 Å². The topological polar surface area (TPSA) is 93.9 Å². The van der Waals surface area contributed by atoms with E-state index >= 15 is 0 Å². The van der Waals surface area contributed by atoms with Crippen molar-refractivity contribution >= 4 is 17.5 Å². The van der Waals surface area contributed by atoms with E-state index in [0.717, 1.165) is 17.0 Å². The predicted octanol–water partition coefficient (Wildman–Crippen LogP) is 3.03. The van der Waals surface area contributed by atoms with Gasteiger partial charge in [-0.2, -0.15) is 0 Å². The number of ether oxygens (including phenoxy) is 2. The zero-order valence-corrected chi connectivity index (χ0v) is 17.3. The highest BCUT2D eigenvalue weighted by Gasteiger charge is 2.35. The fourth-order valence-corrected chi connectivity index (χ4v) is 3.50. The number of carbonyl (C=O) groups excluding carboxylic acids is 2. The minimum Gasteiger partial charge on any atom is -0.497 e. The molecule has 1 fully saturated rings. The molecule has 1 aromatic heterocycles. The molecule has 2 heterocycles. The summed E-state index contributed by atoms with van der Waals surface area (Å²) in [7, 11) is 3.20. The lowest BCUT2D eigenvalue weighted by atomic mass is 10.1. The van der Waals surface area contributed by atoms with Crippen molar-refractivity contribution in [2.75, 3.05) is 25.7 Å². The maximum absolute atomic E-state index is 12.6. The Morgan fingerprint density at radius 3 is 2.39 bits per heavy atom. The first-order chi connectivity index (χ1) is 15.1. The molecule has 0 unspecified atom stereocenters. The molecule has 8 heteroatoms. The van der Waals surface area contributed by atoms with E-state index in [1.165, 1.54) is 0 Å². The molecule has 3 aromatic rings. The van der Waals surface area contributed by atoms with Crippen LogP contribution in [0.2, 0.25) is 0 Å². The molecule has 1 aliphatic rings. The zero-order chi connectivity index (χ0) is 21.8. The first kappa shape index (κ1) is 20.5. The highest BCUT2D eigenvalue weighted by Crippen LogP contribution is 2.27. The standard InChI is InChI=1S/C23H23N3O5/c1-29-19-7-3-15(4-8-19)21-12-17(25-31-21)13-24-23(28)16-11-22(27)26(14-16)18-5-9-20(30-2)10-6-18/h3-10,12,16H,11,13-14H2,1-2H3,(H,24,28)/t16-/m0/s1. The third kappa shape index (κ3) is 4.53. The highest BCUT2D eigenvalue weighted by atomic mass is 16.5. The van der Waals surface area contributed by atoms with Gasteiger partial charge in [-0.05, 0) is 48.5 Å². The Balaban J connectivity index is 1.33. The number of hydrogen-bond acceptors (Lipinski definition) is 6. The number of aromatic nitrogens is 1. The van der Waals surface area contributed by atoms with E-state index in [4.69, 9.17) is 14.0 Å². The smallest absolute Gasteiger partial charge is 0.227 e. The summed E-state index contributed by atoms with van der Waals surface area (Å²) in [6.07, 6.45) is 0.174. The molecule has 31 heavy (non-hydrogen) atoms. The summed E-state index contributed by atoms with van der Waals surface area (Å²) in [6, 6.07) is 16.4. The maximum atomic E-state index is 12.6. The van der Waals surface area contributed by atoms with Crippen LogP contribution in [-0.2, 0) is 16.1 Å². The van der Waals surface area contributed by atoms with E-state index in [-0.39, 0.29) is 24.8 Å². The van der Waals surface area contributed by atoms with Gasteiger partial charge in [0.1, 0.15) is 17.2 Å². The highest BCUT2D eigenvalue weighted by molar-refractivity contribution is 6.00. The van der Waals surface area contributed by atoms with Crippen LogP contribution in [0.15, 0.2) is 59.1 Å². The average Bonchev–Trinajstić information content (AvgIpc) is 3.44. The van der Waals surface area contributed by atoms with Crippen LogP contribution in [0.3, 0.4) is 0 Å². The Labute approximate surface area is 179 Å². The Hall–Kier alpha value is -3.81. The summed E-state index contributed by atoms with van der Waals surface area (Å²) >= 11 is 0. The summed E-state index contributed by atoms with van der Waals surface area (Å²) < 4.78 is 15.7. The van der Waals surface area contributed by atoms with E-state index < -0.39 is 5.92 Å². The fourth-order valence-electron chi connectivity index (χ4n) is 3.50. The lowest BCUT2D eigenvalue weighted by Gasteiger charge is -2.17. The van der Waals surface area contributed by atoms with Crippen molar-refractivity contribution in [1.82, 2.24) is 10.5 Å². The largest absolute Gasteiger partial charge is 0.497 e. The lowest BCUT2D eigenvalue weighted by Crippen LogP contribution is -2.32. The van der Waals surface area contributed by atoms with Crippen molar-refractivity contribution < 1.29 is 23.6 Å². The fraction of sp³-hybridized carbons (Fsp3) is 0.261. The summed E-state index contributed by atoms with van der Waals surface area (Å²) in [4.78, 5) is 26.6. The Bertz CT molecular complexity index is 1060. The van der Waals surface area contributed by atoms with Crippen molar-refractivity contribution in [3.8, 4) is 22.8 Å². The SMILES string of the molecule is COc1ccc(-c2cc(CNC(=O)[C@H]3CC(=O)N(c4ccc(OC)cc4)C3)no2)cc1. The molecule has 1 saturated heterocycles. The first-order valence-corrected chi connectivity index (χ1v) is 9.89. The summed E-state index contributed by atoms with van der Waals surface area (Å²) in [5, 5.41) is 6.87. The molecule has 1 N–H and O–H groups in total. The third-order valence-electron chi connectivity index (χ3n) is 5.26. The Morgan fingerprint density at radius 1 is 1.10 bits per heavy atom. The van der Waals surface area contributed by atoms with Crippen molar-refractivity contribution in [2.45, 2.75) is 13.0 Å². The molecule has 160 valence electrons. The zero-order valence-electron chi connectivity index (χ0n) is 17.3. The quantitative estimate of drug-likeness (QED) is 0.630. The van der Waals surface area contributed by atoms with Crippen LogP contribution in [0.1, 0.15) is 12.1 Å². The summed E-state index contributed by atoms with van der Waals surface area (Å²) in [5.74, 6) is 1.40. The summed E-state index contributed by atoms with van der Waals surface area (Å²) in [5.41, 5.74) is 2.22. The molecular formula is C23H23N3O5. The minimum absolute atomic E-state index is 0.0754. The molecule has 1 aliphatic heterocycles. The number of nitrogens with zero attached hydrogens (tertiary/aromatic N) is 2. The van der Waals surface area contributed by atoms with Gasteiger partial charge < -0.3 is 24.2 Å². The number of amides is 2. The second-order valence-electron chi connectivity index (χ2n) is 7.23. The van der Waals surface area contributed by atoms with Crippen molar-refractivity contribution in [3.05, 3.63) is 60.3 Å². The van der Waals surface area contributed by atoms with Crippen LogP contribution < -0.4 is 19.7 Å². The third-order valence-corrected chi connectivity index (χ3v) is 5.26. The Kier molecular flexibility index (Phi) is 5.88. The molecule has 2 amide bonds. The average molecular weight is 421 g/mol. The van der Waals surface area contributed by atoms with Gasteiger partial charge in [0.05, 0.1) is 26.7 Å². The molecule has 0 saturated carbocycles. The van der Waals surface area contributed by atoms with E-state index in [1.807, 2.05) is 36.4 Å². The number of anilines is 1. The van der Waals surface area contributed by atoms with Crippen LogP contribution in [0, 0.1) is 5.92 Å². The molecule has 8 nitrogen and oxygen atoms in total. The van der Waals surface area contributed by atoms with Gasteiger partial charge in [0, 0.05) is 30.3 Å². The molecule has 0 aliphatic carbocycles. The van der Waals surface area contributed by atoms with E-state index in [1.54, 1.807) is 37.3 Å². The summed E-state index contributed by atoms with van der Waals surface area (Å²) in [6.45, 7) is 0.568. The minimum atomic E-state index is -0.414. The normalized spacial score (nSPS) is 15.7. The first-order valence-electron chi connectivity index (χ1n) is 9.89. The molecule has 0 radical (unpaired) electrons. The number of carbonyl (C=O) groups is 2. The number of rotatable bonds is 7. The van der Waals surface area contributed by atoms with Gasteiger partial charge >= 0.3 is 0 Å². The monoisotopic (exact) mass is 421 g/mol. The van der Waals surface area contributed by atoms with Gasteiger partial charge in [-0.15, -0.1) is 0 Å². The van der Waals surface area contributed by atoms with Gasteiger partial charge in [0.15, 0.2) is 5.76 Å². The van der Waals surface area contributed by atoms with Gasteiger partial charge in [0.25, 0.3) is 0 Å². The van der Waals surface area contributed by atoms with Gasteiger partial charge in [-0.25, -0.2) is 0 Å². The molecule has 1 atom stereocenters. The number of hydrogen-bond donors (Lipinski definition) is 1. The second-order valence-corrected chi connectivity index (χ2v) is 7.23. The van der Waals surface area contributed by atoms with Crippen LogP contribution in [-0.4, -0.2) is 37.7 Å². The number of methoxy groups -OCH3 is 2. The van der Waals surface area contributed by atoms with Crippen LogP contribution >= 0.6 is 0 Å². The van der Waals surface area contributed by atoms with Crippen molar-refractivity contribution in [3.63, 3.8) is 0 Å². The van der Waals surface area contributed by atoms with Gasteiger partial charge in [-0.3, -0.25) is 9.59 Å². The van der Waals surface area contributed by atoms with Crippen LogP contribution in [0.5, 0.6) is 11.5 Å². The molecule has 2 aromatic carbocycles. The molecule has 4 rings (SSSR count).